The number of ether oxygens (including phenoxy) is 1. The highest BCUT2D eigenvalue weighted by molar-refractivity contribution is 5.83. The van der Waals surface area contributed by atoms with Crippen molar-refractivity contribution in [3.05, 3.63) is 35.5 Å². The average Bonchev–Trinajstić information content (AvgIpc) is 2.23. The van der Waals surface area contributed by atoms with E-state index in [1.54, 1.807) is 13.3 Å². The molecule has 0 fully saturated rings. The highest BCUT2D eigenvalue weighted by atomic mass is 16.5. The fourth-order valence-electron chi connectivity index (χ4n) is 1.86. The minimum absolute atomic E-state index is 0.788. The molecule has 78 valence electrons. The van der Waals surface area contributed by atoms with Crippen LogP contribution in [0.25, 0.3) is 10.9 Å². The first-order valence-electron chi connectivity index (χ1n) is 4.83. The normalized spacial score (nSPS) is 10.6. The summed E-state index contributed by atoms with van der Waals surface area (Å²) >= 11 is 0. The van der Waals surface area contributed by atoms with Crippen LogP contribution in [0, 0.1) is 13.8 Å². The first-order valence-corrected chi connectivity index (χ1v) is 4.83. The standard InChI is InChI=1S/C12H14NO2/c1-8-6-7-13(14)12-9(2)11(15-3)5-4-10(8)12/h4-7,14H,1-3H3/q+1. The van der Waals surface area contributed by atoms with E-state index in [1.807, 2.05) is 32.0 Å². The van der Waals surface area contributed by atoms with E-state index in [4.69, 9.17) is 4.74 Å². The molecule has 0 atom stereocenters. The van der Waals surface area contributed by atoms with Crippen molar-refractivity contribution in [3.8, 4) is 5.75 Å². The smallest absolute Gasteiger partial charge is 0.271 e. The largest absolute Gasteiger partial charge is 0.496 e. The minimum Gasteiger partial charge on any atom is -0.496 e. The lowest BCUT2D eigenvalue weighted by Gasteiger charge is -2.05. The summed E-state index contributed by atoms with van der Waals surface area (Å²) in [5.41, 5.74) is 2.89. The number of fused-ring (bicyclic) bond motifs is 1. The van der Waals surface area contributed by atoms with Crippen molar-refractivity contribution in [1.29, 1.82) is 0 Å². The van der Waals surface area contributed by atoms with Crippen molar-refractivity contribution in [2.24, 2.45) is 0 Å². The van der Waals surface area contributed by atoms with Gasteiger partial charge in [-0.25, -0.2) is 0 Å². The van der Waals surface area contributed by atoms with Gasteiger partial charge in [0.25, 0.3) is 5.52 Å². The summed E-state index contributed by atoms with van der Waals surface area (Å²) in [6.45, 7) is 3.96. The van der Waals surface area contributed by atoms with Gasteiger partial charge in [0.15, 0.2) is 0 Å². The summed E-state index contributed by atoms with van der Waals surface area (Å²) in [6, 6.07) is 5.77. The number of rotatable bonds is 1. The zero-order valence-corrected chi connectivity index (χ0v) is 9.11. The number of hydrogen-bond acceptors (Lipinski definition) is 2. The molecule has 0 saturated carbocycles. The monoisotopic (exact) mass is 204 g/mol. The third kappa shape index (κ3) is 1.40. The van der Waals surface area contributed by atoms with Crippen molar-refractivity contribution in [2.75, 3.05) is 7.11 Å². The predicted octanol–water partition coefficient (Wildman–Crippen LogP) is 1.99. The third-order valence-electron chi connectivity index (χ3n) is 2.72. The first-order chi connectivity index (χ1) is 7.15. The number of hydrogen-bond donors (Lipinski definition) is 1. The molecule has 0 aliphatic heterocycles. The lowest BCUT2D eigenvalue weighted by molar-refractivity contribution is -0.884. The Morgan fingerprint density at radius 1 is 1.20 bits per heavy atom. The average molecular weight is 204 g/mol. The fourth-order valence-corrected chi connectivity index (χ4v) is 1.86. The van der Waals surface area contributed by atoms with E-state index < -0.39 is 0 Å². The molecule has 0 spiro atoms. The Hall–Kier alpha value is -1.77. The molecular formula is C12H14NO2+. The Balaban J connectivity index is 2.92. The van der Waals surface area contributed by atoms with Crippen molar-refractivity contribution < 1.29 is 14.7 Å². The molecule has 0 saturated heterocycles. The Bertz CT molecular complexity index is 521. The van der Waals surface area contributed by atoms with E-state index in [2.05, 4.69) is 0 Å². The minimum atomic E-state index is 0.788. The van der Waals surface area contributed by atoms with Crippen LogP contribution in [0.4, 0.5) is 0 Å². The van der Waals surface area contributed by atoms with Crippen LogP contribution in [-0.4, -0.2) is 12.3 Å². The van der Waals surface area contributed by atoms with Crippen LogP contribution in [-0.2, 0) is 0 Å². The summed E-state index contributed by atoms with van der Waals surface area (Å²) in [7, 11) is 1.63. The lowest BCUT2D eigenvalue weighted by atomic mass is 10.1. The maximum Gasteiger partial charge on any atom is 0.271 e. The Morgan fingerprint density at radius 3 is 2.60 bits per heavy atom. The summed E-state index contributed by atoms with van der Waals surface area (Å²) in [5, 5.41) is 10.8. The molecule has 3 heteroatoms. The molecule has 0 aliphatic carbocycles. The highest BCUT2D eigenvalue weighted by Gasteiger charge is 2.16. The second-order valence-electron chi connectivity index (χ2n) is 3.63. The van der Waals surface area contributed by atoms with Gasteiger partial charge in [-0.3, -0.25) is 5.21 Å². The highest BCUT2D eigenvalue weighted by Crippen LogP contribution is 2.25. The van der Waals surface area contributed by atoms with Crippen molar-refractivity contribution in [1.82, 2.24) is 0 Å². The number of nitrogens with zero attached hydrogens (tertiary/aromatic N) is 1. The molecule has 3 nitrogen and oxygen atoms in total. The van der Waals surface area contributed by atoms with Crippen LogP contribution in [0.5, 0.6) is 5.75 Å². The van der Waals surface area contributed by atoms with Gasteiger partial charge >= 0.3 is 0 Å². The van der Waals surface area contributed by atoms with Gasteiger partial charge in [0, 0.05) is 10.8 Å². The van der Waals surface area contributed by atoms with Crippen LogP contribution in [0.15, 0.2) is 24.4 Å². The van der Waals surface area contributed by atoms with Gasteiger partial charge in [-0.1, -0.05) is 0 Å². The SMILES string of the molecule is COc1ccc2c(C)cc[n+](O)c2c1C. The molecule has 15 heavy (non-hydrogen) atoms. The molecule has 2 rings (SSSR count). The Kier molecular flexibility index (Phi) is 2.23. The van der Waals surface area contributed by atoms with Crippen molar-refractivity contribution >= 4 is 10.9 Å². The van der Waals surface area contributed by atoms with E-state index >= 15 is 0 Å². The second kappa shape index (κ2) is 3.42. The van der Waals surface area contributed by atoms with Crippen LogP contribution in [0.2, 0.25) is 0 Å². The molecule has 1 heterocycles. The summed E-state index contributed by atoms with van der Waals surface area (Å²) in [5.74, 6) is 0.788. The van der Waals surface area contributed by atoms with E-state index in [1.165, 1.54) is 0 Å². The molecule has 0 unspecified atom stereocenters. The van der Waals surface area contributed by atoms with Crippen LogP contribution in [0.1, 0.15) is 11.1 Å². The maximum absolute atomic E-state index is 9.76. The number of aryl methyl sites for hydroxylation is 2. The van der Waals surface area contributed by atoms with Gasteiger partial charge in [0.2, 0.25) is 6.20 Å². The summed E-state index contributed by atoms with van der Waals surface area (Å²) in [6.07, 6.45) is 1.64. The molecule has 2 aromatic rings. The molecule has 0 radical (unpaired) electrons. The second-order valence-corrected chi connectivity index (χ2v) is 3.63. The van der Waals surface area contributed by atoms with Gasteiger partial charge in [-0.15, -0.1) is 0 Å². The lowest BCUT2D eigenvalue weighted by Crippen LogP contribution is -2.31. The summed E-state index contributed by atoms with van der Waals surface area (Å²) < 4.78 is 6.36. The topological polar surface area (TPSA) is 33.3 Å². The molecule has 1 aromatic heterocycles. The molecule has 1 aromatic carbocycles. The molecule has 1 N–H and O–H groups in total. The first kappa shape index (κ1) is 9.77. The van der Waals surface area contributed by atoms with Gasteiger partial charge in [0.05, 0.1) is 18.1 Å². The van der Waals surface area contributed by atoms with Crippen molar-refractivity contribution in [3.63, 3.8) is 0 Å². The van der Waals surface area contributed by atoms with Gasteiger partial charge < -0.3 is 4.74 Å². The van der Waals surface area contributed by atoms with Gasteiger partial charge in [-0.2, -0.15) is 0 Å². The molecular weight excluding hydrogens is 190 g/mol. The summed E-state index contributed by atoms with van der Waals surface area (Å²) in [4.78, 5) is 0. The zero-order valence-electron chi connectivity index (χ0n) is 9.11. The molecule has 0 aliphatic rings. The number of benzene rings is 1. The van der Waals surface area contributed by atoms with Crippen LogP contribution in [0.3, 0.4) is 0 Å². The zero-order chi connectivity index (χ0) is 11.0. The fraction of sp³-hybridized carbons (Fsp3) is 0.250. The maximum atomic E-state index is 9.76. The Labute approximate surface area is 88.5 Å². The number of methoxy groups -OCH3 is 1. The number of pyridine rings is 1. The van der Waals surface area contributed by atoms with Crippen molar-refractivity contribution in [2.45, 2.75) is 13.8 Å². The van der Waals surface area contributed by atoms with E-state index in [0.717, 1.165) is 32.5 Å². The van der Waals surface area contributed by atoms with Gasteiger partial charge in [0.1, 0.15) is 5.75 Å². The predicted molar refractivity (Wildman–Crippen MR) is 57.4 cm³/mol. The molecule has 0 amide bonds. The van der Waals surface area contributed by atoms with Crippen LogP contribution >= 0.6 is 0 Å². The third-order valence-corrected chi connectivity index (χ3v) is 2.72. The number of aromatic nitrogens is 1. The van der Waals surface area contributed by atoms with Gasteiger partial charge in [-0.05, 0) is 31.5 Å². The Morgan fingerprint density at radius 2 is 1.93 bits per heavy atom. The molecule has 0 bridgehead atoms. The van der Waals surface area contributed by atoms with Crippen LogP contribution < -0.4 is 9.47 Å². The quantitative estimate of drug-likeness (QED) is 0.569. The van der Waals surface area contributed by atoms with E-state index in [0.29, 0.717) is 0 Å². The van der Waals surface area contributed by atoms with E-state index in [9.17, 15) is 5.21 Å². The van der Waals surface area contributed by atoms with E-state index in [-0.39, 0.29) is 0 Å².